The van der Waals surface area contributed by atoms with Crippen molar-refractivity contribution in [3.8, 4) is 6.07 Å². The predicted molar refractivity (Wildman–Crippen MR) is 67.4 cm³/mol. The van der Waals surface area contributed by atoms with E-state index in [0.717, 1.165) is 12.1 Å². The number of hydrogen-bond acceptors (Lipinski definition) is 4. The van der Waals surface area contributed by atoms with E-state index in [0.29, 0.717) is 11.0 Å². The van der Waals surface area contributed by atoms with E-state index in [1.807, 2.05) is 0 Å². The van der Waals surface area contributed by atoms with Crippen LogP contribution in [-0.2, 0) is 20.6 Å². The van der Waals surface area contributed by atoms with Crippen LogP contribution in [0.25, 0.3) is 0 Å². The summed E-state index contributed by atoms with van der Waals surface area (Å²) in [6, 6.07) is 3.85. The molecule has 0 radical (unpaired) electrons. The third-order valence-corrected chi connectivity index (χ3v) is 3.17. The van der Waals surface area contributed by atoms with E-state index in [2.05, 4.69) is 0 Å². The number of rotatable bonds is 2. The highest BCUT2D eigenvalue weighted by Crippen LogP contribution is 2.36. The van der Waals surface area contributed by atoms with Crippen LogP contribution in [0.2, 0.25) is 0 Å². The Hall–Kier alpha value is -2.95. The van der Waals surface area contributed by atoms with Crippen LogP contribution in [0, 0.1) is 11.3 Å². The second-order valence-corrected chi connectivity index (χ2v) is 4.44. The number of hydrogen-bond donors (Lipinski definition) is 0. The quantitative estimate of drug-likeness (QED) is 0.475. The molecule has 2 rings (SSSR count). The van der Waals surface area contributed by atoms with Crippen molar-refractivity contribution in [1.82, 2.24) is 0 Å². The lowest BCUT2D eigenvalue weighted by molar-refractivity contribution is -0.138. The lowest BCUT2D eigenvalue weighted by atomic mass is 10.1. The number of benzene rings is 1. The van der Waals surface area contributed by atoms with Gasteiger partial charge in [0.15, 0.2) is 6.29 Å². The molecule has 1 aliphatic rings. The Morgan fingerprint density at radius 1 is 1.23 bits per heavy atom. The van der Waals surface area contributed by atoms with Gasteiger partial charge in [-0.25, -0.2) is 4.90 Å². The van der Waals surface area contributed by atoms with Crippen LogP contribution in [0.15, 0.2) is 29.3 Å². The van der Waals surface area contributed by atoms with Crippen LogP contribution < -0.4 is 4.90 Å². The maximum absolute atomic E-state index is 12.9. The van der Waals surface area contributed by atoms with Crippen LogP contribution in [0.5, 0.6) is 0 Å². The number of aldehydes is 1. The van der Waals surface area contributed by atoms with Crippen molar-refractivity contribution >= 4 is 23.8 Å². The fourth-order valence-electron chi connectivity index (χ4n) is 2.03. The van der Waals surface area contributed by atoms with Crippen molar-refractivity contribution < 1.29 is 27.6 Å². The molecule has 1 aromatic rings. The van der Waals surface area contributed by atoms with Gasteiger partial charge < -0.3 is 0 Å². The van der Waals surface area contributed by atoms with E-state index in [1.54, 1.807) is 0 Å². The lowest BCUT2D eigenvalue weighted by Crippen LogP contribution is -2.32. The average molecular weight is 308 g/mol. The maximum Gasteiger partial charge on any atom is 0.417 e. The van der Waals surface area contributed by atoms with Gasteiger partial charge >= 0.3 is 6.18 Å². The second kappa shape index (κ2) is 5.11. The van der Waals surface area contributed by atoms with E-state index in [9.17, 15) is 27.6 Å². The topological polar surface area (TPSA) is 78.2 Å². The van der Waals surface area contributed by atoms with E-state index in [4.69, 9.17) is 5.26 Å². The van der Waals surface area contributed by atoms with E-state index in [1.165, 1.54) is 13.0 Å². The Bertz CT molecular complexity index is 773. The van der Waals surface area contributed by atoms with Crippen LogP contribution in [0.3, 0.4) is 0 Å². The van der Waals surface area contributed by atoms with Crippen LogP contribution in [0.1, 0.15) is 18.1 Å². The molecule has 0 atom stereocenters. The molecule has 0 aliphatic carbocycles. The van der Waals surface area contributed by atoms with Crippen molar-refractivity contribution in [2.24, 2.45) is 0 Å². The lowest BCUT2D eigenvalue weighted by Gasteiger charge is -2.17. The summed E-state index contributed by atoms with van der Waals surface area (Å²) in [6.07, 6.45) is -4.63. The molecular formula is C14H7F3N2O3. The first-order valence-electron chi connectivity index (χ1n) is 5.88. The largest absolute Gasteiger partial charge is 0.417 e. The van der Waals surface area contributed by atoms with Gasteiger partial charge in [0.05, 0.1) is 28.5 Å². The number of amides is 2. The fourth-order valence-corrected chi connectivity index (χ4v) is 2.03. The Kier molecular flexibility index (Phi) is 3.58. The Morgan fingerprint density at radius 2 is 1.86 bits per heavy atom. The Balaban J connectivity index is 2.57. The summed E-state index contributed by atoms with van der Waals surface area (Å²) < 4.78 is 38.7. The van der Waals surface area contributed by atoms with Crippen LogP contribution in [0.4, 0.5) is 18.9 Å². The summed E-state index contributed by atoms with van der Waals surface area (Å²) in [7, 11) is 0. The highest BCUT2D eigenvalue weighted by molar-refractivity contribution is 6.38. The molecule has 0 spiro atoms. The normalized spacial score (nSPS) is 15.3. The summed E-state index contributed by atoms with van der Waals surface area (Å²) in [6.45, 7) is 1.23. The summed E-state index contributed by atoms with van der Waals surface area (Å²) >= 11 is 0. The zero-order chi connectivity index (χ0) is 16.7. The summed E-state index contributed by atoms with van der Waals surface area (Å²) in [5.41, 5.74) is -2.78. The van der Waals surface area contributed by atoms with Gasteiger partial charge in [-0.1, -0.05) is 0 Å². The highest BCUT2D eigenvalue weighted by atomic mass is 19.4. The SMILES string of the molecule is CC1=C(C=O)C(=O)N(c2ccc(C#N)c(C(F)(F)F)c2)C1=O. The summed E-state index contributed by atoms with van der Waals surface area (Å²) in [5.74, 6) is -1.86. The minimum Gasteiger partial charge on any atom is -0.298 e. The predicted octanol–water partition coefficient (Wildman–Crippen LogP) is 1.97. The van der Waals surface area contributed by atoms with Gasteiger partial charge in [0.25, 0.3) is 11.8 Å². The molecule has 8 heteroatoms. The molecule has 0 aromatic heterocycles. The molecule has 1 aliphatic heterocycles. The Labute approximate surface area is 122 Å². The fraction of sp³-hybridized carbons (Fsp3) is 0.143. The molecular weight excluding hydrogens is 301 g/mol. The second-order valence-electron chi connectivity index (χ2n) is 4.44. The molecule has 112 valence electrons. The molecule has 0 saturated heterocycles. The number of imide groups is 1. The van der Waals surface area contributed by atoms with Crippen LogP contribution in [-0.4, -0.2) is 18.1 Å². The molecule has 5 nitrogen and oxygen atoms in total. The summed E-state index contributed by atoms with van der Waals surface area (Å²) in [4.78, 5) is 35.2. The van der Waals surface area contributed by atoms with Gasteiger partial charge in [-0.3, -0.25) is 14.4 Å². The van der Waals surface area contributed by atoms with Gasteiger partial charge in [-0.2, -0.15) is 18.4 Å². The molecule has 1 aromatic carbocycles. The van der Waals surface area contributed by atoms with Gasteiger partial charge in [0, 0.05) is 5.57 Å². The molecule has 0 bridgehead atoms. The number of carbonyl (C=O) groups is 3. The monoisotopic (exact) mass is 308 g/mol. The first-order chi connectivity index (χ1) is 10.2. The van der Waals surface area contributed by atoms with Crippen molar-refractivity contribution in [2.75, 3.05) is 4.90 Å². The van der Waals surface area contributed by atoms with Crippen molar-refractivity contribution in [3.05, 3.63) is 40.5 Å². The van der Waals surface area contributed by atoms with E-state index >= 15 is 0 Å². The molecule has 0 unspecified atom stereocenters. The zero-order valence-corrected chi connectivity index (χ0v) is 11.1. The Morgan fingerprint density at radius 3 is 2.32 bits per heavy atom. The zero-order valence-electron chi connectivity index (χ0n) is 11.1. The molecule has 1 heterocycles. The number of nitrogens with zero attached hydrogens (tertiary/aromatic N) is 2. The third-order valence-electron chi connectivity index (χ3n) is 3.17. The van der Waals surface area contributed by atoms with Crippen molar-refractivity contribution in [1.29, 1.82) is 5.26 Å². The van der Waals surface area contributed by atoms with Gasteiger partial charge in [-0.05, 0) is 25.1 Å². The summed E-state index contributed by atoms with van der Waals surface area (Å²) in [5, 5.41) is 8.71. The number of nitriles is 1. The highest BCUT2D eigenvalue weighted by Gasteiger charge is 2.39. The van der Waals surface area contributed by atoms with Crippen molar-refractivity contribution in [2.45, 2.75) is 13.1 Å². The van der Waals surface area contributed by atoms with Crippen LogP contribution >= 0.6 is 0 Å². The van der Waals surface area contributed by atoms with E-state index < -0.39 is 34.7 Å². The van der Waals surface area contributed by atoms with Gasteiger partial charge in [-0.15, -0.1) is 0 Å². The first kappa shape index (κ1) is 15.4. The first-order valence-corrected chi connectivity index (χ1v) is 5.88. The number of alkyl halides is 3. The van der Waals surface area contributed by atoms with Gasteiger partial charge in [0.2, 0.25) is 0 Å². The standard InChI is InChI=1S/C14H7F3N2O3/c1-7-10(6-20)13(22)19(12(7)21)9-3-2-8(5-18)11(4-9)14(15,16)17/h2-4,6H,1H3. The molecule has 0 N–H and O–H groups in total. The average Bonchev–Trinajstić information content (AvgIpc) is 2.67. The molecule has 0 fully saturated rings. The third kappa shape index (κ3) is 2.26. The number of halogens is 3. The minimum absolute atomic E-state index is 0.141. The molecule has 22 heavy (non-hydrogen) atoms. The number of anilines is 1. The maximum atomic E-state index is 12.9. The van der Waals surface area contributed by atoms with E-state index in [-0.39, 0.29) is 17.5 Å². The smallest absolute Gasteiger partial charge is 0.298 e. The van der Waals surface area contributed by atoms with Crippen molar-refractivity contribution in [3.63, 3.8) is 0 Å². The molecule has 2 amide bonds. The van der Waals surface area contributed by atoms with Gasteiger partial charge in [0.1, 0.15) is 0 Å². The molecule has 0 saturated carbocycles. The number of carbonyl (C=O) groups excluding carboxylic acids is 3. The minimum atomic E-state index is -4.82.